The smallest absolute Gasteiger partial charge is 0.410 e. The molecule has 2 aliphatic rings. The normalized spacial score (nSPS) is 21.2. The lowest BCUT2D eigenvalue weighted by Crippen LogP contribution is -2.51. The van der Waals surface area contributed by atoms with Crippen molar-refractivity contribution in [1.82, 2.24) is 4.90 Å². The molecule has 2 atom stereocenters. The molecule has 2 aromatic carbocycles. The van der Waals surface area contributed by atoms with Gasteiger partial charge in [0.25, 0.3) is 0 Å². The van der Waals surface area contributed by atoms with Gasteiger partial charge in [-0.05, 0) is 36.8 Å². The maximum absolute atomic E-state index is 14.2. The van der Waals surface area contributed by atoms with Crippen LogP contribution in [0.2, 0.25) is 0 Å². The van der Waals surface area contributed by atoms with Crippen molar-refractivity contribution in [3.8, 4) is 0 Å². The highest BCUT2D eigenvalue weighted by molar-refractivity contribution is 5.75. The molecule has 1 fully saturated rings. The third-order valence-electron chi connectivity index (χ3n) is 5.38. The largest absolute Gasteiger partial charge is 0.445 e. The molecule has 28 heavy (non-hydrogen) atoms. The van der Waals surface area contributed by atoms with Crippen LogP contribution in [0.3, 0.4) is 0 Å². The van der Waals surface area contributed by atoms with E-state index in [1.165, 1.54) is 0 Å². The van der Waals surface area contributed by atoms with E-state index in [9.17, 15) is 18.0 Å². The average molecular weight is 387 g/mol. The molecule has 2 unspecified atom stereocenters. The van der Waals surface area contributed by atoms with Crippen molar-refractivity contribution in [3.05, 3.63) is 77.1 Å². The molecule has 0 aliphatic carbocycles. The number of nitrogens with zero attached hydrogens (tertiary/aromatic N) is 1. The Morgan fingerprint density at radius 2 is 1.79 bits per heavy atom. The van der Waals surface area contributed by atoms with Gasteiger partial charge in [-0.15, -0.1) is 0 Å². The summed E-state index contributed by atoms with van der Waals surface area (Å²) in [5.41, 5.74) is 1.18. The molecule has 0 spiro atoms. The number of piperidine rings is 1. The SMILES string of the molecule is O=C(OCc1ccccc1)N1C2C=C(c3c(F)cc(F)cc3F)CC1CCC2. The second-order valence-electron chi connectivity index (χ2n) is 7.24. The van der Waals surface area contributed by atoms with Gasteiger partial charge in [-0.1, -0.05) is 36.4 Å². The molecule has 4 rings (SSSR count). The van der Waals surface area contributed by atoms with Gasteiger partial charge in [0.15, 0.2) is 0 Å². The monoisotopic (exact) mass is 387 g/mol. The second-order valence-corrected chi connectivity index (χ2v) is 7.24. The number of halogens is 3. The van der Waals surface area contributed by atoms with Crippen molar-refractivity contribution in [2.45, 2.75) is 44.4 Å². The molecular weight excluding hydrogens is 367 g/mol. The number of benzene rings is 2. The summed E-state index contributed by atoms with van der Waals surface area (Å²) in [6.45, 7) is 0.174. The van der Waals surface area contributed by atoms with E-state index >= 15 is 0 Å². The zero-order valence-corrected chi connectivity index (χ0v) is 15.2. The number of hydrogen-bond acceptors (Lipinski definition) is 2. The maximum Gasteiger partial charge on any atom is 0.410 e. The number of ether oxygens (including phenoxy) is 1. The number of carbonyl (C=O) groups excluding carboxylic acids is 1. The number of fused-ring (bicyclic) bond motifs is 2. The van der Waals surface area contributed by atoms with E-state index in [4.69, 9.17) is 4.74 Å². The van der Waals surface area contributed by atoms with E-state index in [1.54, 1.807) is 11.0 Å². The van der Waals surface area contributed by atoms with E-state index in [2.05, 4.69) is 0 Å². The molecular formula is C22H20F3NO2. The van der Waals surface area contributed by atoms with Crippen LogP contribution in [0, 0.1) is 17.5 Å². The third-order valence-corrected chi connectivity index (χ3v) is 5.38. The first-order valence-corrected chi connectivity index (χ1v) is 9.37. The Kier molecular flexibility index (Phi) is 5.11. The molecule has 6 heteroatoms. The van der Waals surface area contributed by atoms with Crippen LogP contribution < -0.4 is 0 Å². The van der Waals surface area contributed by atoms with Crippen molar-refractivity contribution < 1.29 is 22.7 Å². The highest BCUT2D eigenvalue weighted by atomic mass is 19.1. The minimum Gasteiger partial charge on any atom is -0.445 e. The Hall–Kier alpha value is -2.76. The van der Waals surface area contributed by atoms with Crippen LogP contribution in [0.4, 0.5) is 18.0 Å². The Morgan fingerprint density at radius 1 is 1.07 bits per heavy atom. The molecule has 2 heterocycles. The van der Waals surface area contributed by atoms with Gasteiger partial charge >= 0.3 is 6.09 Å². The number of hydrogen-bond donors (Lipinski definition) is 0. The van der Waals surface area contributed by atoms with Crippen molar-refractivity contribution in [2.75, 3.05) is 0 Å². The highest BCUT2D eigenvalue weighted by Crippen LogP contribution is 2.39. The minimum absolute atomic E-state index is 0.174. The van der Waals surface area contributed by atoms with E-state index in [-0.39, 0.29) is 24.3 Å². The molecule has 2 aliphatic heterocycles. The Labute approximate surface area is 161 Å². The summed E-state index contributed by atoms with van der Waals surface area (Å²) in [7, 11) is 0. The van der Waals surface area contributed by atoms with Crippen molar-refractivity contribution >= 4 is 11.7 Å². The molecule has 0 aromatic heterocycles. The topological polar surface area (TPSA) is 29.5 Å². The Bertz CT molecular complexity index is 890. The first kappa shape index (κ1) is 18.6. The van der Waals surface area contributed by atoms with E-state index in [1.807, 2.05) is 30.3 Å². The van der Waals surface area contributed by atoms with Gasteiger partial charge in [0.05, 0.1) is 6.04 Å². The zero-order valence-electron chi connectivity index (χ0n) is 15.2. The lowest BCUT2D eigenvalue weighted by Gasteiger charge is -2.44. The predicted molar refractivity (Wildman–Crippen MR) is 98.8 cm³/mol. The van der Waals surface area contributed by atoms with Crippen molar-refractivity contribution in [1.29, 1.82) is 0 Å². The second kappa shape index (κ2) is 7.70. The van der Waals surface area contributed by atoms with Crippen LogP contribution in [0.25, 0.3) is 5.57 Å². The molecule has 0 saturated carbocycles. The first-order chi connectivity index (χ1) is 13.5. The fraction of sp³-hybridized carbons (Fsp3) is 0.318. The van der Waals surface area contributed by atoms with Crippen LogP contribution in [0.5, 0.6) is 0 Å². The van der Waals surface area contributed by atoms with Crippen LogP contribution >= 0.6 is 0 Å². The fourth-order valence-electron chi connectivity index (χ4n) is 4.14. The van der Waals surface area contributed by atoms with Gasteiger partial charge in [-0.25, -0.2) is 18.0 Å². The lowest BCUT2D eigenvalue weighted by atomic mass is 9.83. The Morgan fingerprint density at radius 3 is 2.46 bits per heavy atom. The predicted octanol–water partition coefficient (Wildman–Crippen LogP) is 5.45. The molecule has 2 bridgehead atoms. The van der Waals surface area contributed by atoms with Gasteiger partial charge in [0, 0.05) is 23.7 Å². The highest BCUT2D eigenvalue weighted by Gasteiger charge is 2.39. The number of carbonyl (C=O) groups is 1. The molecule has 2 aromatic rings. The van der Waals surface area contributed by atoms with Crippen LogP contribution in [-0.4, -0.2) is 23.1 Å². The molecule has 1 amide bonds. The van der Waals surface area contributed by atoms with Crippen molar-refractivity contribution in [3.63, 3.8) is 0 Å². The standard InChI is InChI=1S/C22H20F3NO2/c23-16-11-19(24)21(20(25)12-16)15-9-17-7-4-8-18(10-15)26(17)22(27)28-13-14-5-2-1-3-6-14/h1-3,5-6,9,11-12,17-18H,4,7-8,10,13H2. The van der Waals surface area contributed by atoms with Crippen LogP contribution in [-0.2, 0) is 11.3 Å². The fourth-order valence-corrected chi connectivity index (χ4v) is 4.14. The summed E-state index contributed by atoms with van der Waals surface area (Å²) < 4.78 is 47.1. The number of amides is 1. The molecule has 3 nitrogen and oxygen atoms in total. The number of rotatable bonds is 3. The summed E-state index contributed by atoms with van der Waals surface area (Å²) in [6.07, 6.45) is 3.98. The minimum atomic E-state index is -0.943. The average Bonchev–Trinajstić information content (AvgIpc) is 2.65. The van der Waals surface area contributed by atoms with Crippen LogP contribution in [0.1, 0.15) is 36.8 Å². The van der Waals surface area contributed by atoms with Gasteiger partial charge in [0.1, 0.15) is 24.1 Å². The summed E-state index contributed by atoms with van der Waals surface area (Å²) >= 11 is 0. The summed E-state index contributed by atoms with van der Waals surface area (Å²) in [5, 5.41) is 0. The summed E-state index contributed by atoms with van der Waals surface area (Å²) in [5.74, 6) is -2.77. The first-order valence-electron chi connectivity index (χ1n) is 9.37. The van der Waals surface area contributed by atoms with E-state index in [0.29, 0.717) is 30.5 Å². The van der Waals surface area contributed by atoms with Gasteiger partial charge in [-0.3, -0.25) is 4.90 Å². The van der Waals surface area contributed by atoms with Crippen molar-refractivity contribution in [2.24, 2.45) is 0 Å². The van der Waals surface area contributed by atoms with Gasteiger partial charge in [-0.2, -0.15) is 0 Å². The van der Waals surface area contributed by atoms with Gasteiger partial charge in [0.2, 0.25) is 0 Å². The van der Waals surface area contributed by atoms with Gasteiger partial charge < -0.3 is 4.74 Å². The molecule has 1 saturated heterocycles. The third kappa shape index (κ3) is 3.63. The maximum atomic E-state index is 14.2. The van der Waals surface area contributed by atoms with E-state index in [0.717, 1.165) is 18.4 Å². The van der Waals surface area contributed by atoms with E-state index < -0.39 is 23.5 Å². The Balaban J connectivity index is 1.55. The molecule has 0 radical (unpaired) electrons. The molecule has 146 valence electrons. The lowest BCUT2D eigenvalue weighted by molar-refractivity contribution is 0.0510. The zero-order chi connectivity index (χ0) is 19.7. The summed E-state index contributed by atoms with van der Waals surface area (Å²) in [4.78, 5) is 14.4. The quantitative estimate of drug-likeness (QED) is 0.701. The molecule has 0 N–H and O–H groups in total. The van der Waals surface area contributed by atoms with Crippen LogP contribution in [0.15, 0.2) is 48.5 Å². The summed E-state index contributed by atoms with van der Waals surface area (Å²) in [6, 6.07) is 10.3.